The normalized spacial score (nSPS) is 19.8. The molecule has 1 unspecified atom stereocenters. The van der Waals surface area contributed by atoms with E-state index >= 15 is 0 Å². The Morgan fingerprint density at radius 3 is 2.62 bits per heavy atom. The minimum Gasteiger partial charge on any atom is -0.325 e. The van der Waals surface area contributed by atoms with Crippen molar-refractivity contribution in [3.63, 3.8) is 0 Å². The van der Waals surface area contributed by atoms with Gasteiger partial charge in [-0.25, -0.2) is 0 Å². The van der Waals surface area contributed by atoms with E-state index in [4.69, 9.17) is 11.6 Å². The molecule has 1 fully saturated rings. The Balaban J connectivity index is 1.60. The summed E-state index contributed by atoms with van der Waals surface area (Å²) in [7, 11) is 0. The summed E-state index contributed by atoms with van der Waals surface area (Å²) in [5, 5.41) is 3.52. The fourth-order valence-electron chi connectivity index (χ4n) is 3.75. The maximum absolute atomic E-state index is 13.3. The van der Waals surface area contributed by atoms with Gasteiger partial charge in [0.25, 0.3) is 0 Å². The zero-order chi connectivity index (χ0) is 18.5. The second-order valence-electron chi connectivity index (χ2n) is 7.31. The summed E-state index contributed by atoms with van der Waals surface area (Å²) in [6.07, 6.45) is 2.00. The van der Waals surface area contributed by atoms with Gasteiger partial charge in [-0.3, -0.25) is 9.59 Å². The Morgan fingerprint density at radius 1 is 1.15 bits per heavy atom. The summed E-state index contributed by atoms with van der Waals surface area (Å²) in [6, 6.07) is 13.4. The highest BCUT2D eigenvalue weighted by molar-refractivity contribution is 6.32. The van der Waals surface area contributed by atoms with Gasteiger partial charge < -0.3 is 10.2 Å². The van der Waals surface area contributed by atoms with Crippen LogP contribution in [0.2, 0.25) is 5.02 Å². The summed E-state index contributed by atoms with van der Waals surface area (Å²) in [5.74, 6) is -0.323. The van der Waals surface area contributed by atoms with Crippen LogP contribution in [0, 0.1) is 12.3 Å². The Kier molecular flexibility index (Phi) is 4.03. The lowest BCUT2D eigenvalue weighted by Gasteiger charge is -2.27. The molecule has 134 valence electrons. The fourth-order valence-corrected chi connectivity index (χ4v) is 3.93. The average molecular weight is 369 g/mol. The molecule has 2 aromatic carbocycles. The lowest BCUT2D eigenvalue weighted by molar-refractivity contribution is -0.132. The number of amides is 2. The van der Waals surface area contributed by atoms with Gasteiger partial charge in [0.2, 0.25) is 11.8 Å². The van der Waals surface area contributed by atoms with Crippen LogP contribution < -0.4 is 10.2 Å². The van der Waals surface area contributed by atoms with E-state index in [2.05, 4.69) is 5.32 Å². The number of benzene rings is 2. The Bertz CT molecular complexity index is 905. The van der Waals surface area contributed by atoms with Gasteiger partial charge in [0.15, 0.2) is 0 Å². The first kappa shape index (κ1) is 17.1. The number of hydrogen-bond acceptors (Lipinski definition) is 2. The van der Waals surface area contributed by atoms with Crippen molar-refractivity contribution in [2.75, 3.05) is 10.2 Å². The van der Waals surface area contributed by atoms with E-state index in [1.807, 2.05) is 49.1 Å². The van der Waals surface area contributed by atoms with Crippen molar-refractivity contribution in [3.8, 4) is 0 Å². The van der Waals surface area contributed by atoms with E-state index in [0.717, 1.165) is 23.2 Å². The summed E-state index contributed by atoms with van der Waals surface area (Å²) >= 11 is 6.14. The number of anilines is 2. The van der Waals surface area contributed by atoms with Gasteiger partial charge in [-0.1, -0.05) is 35.9 Å². The highest BCUT2D eigenvalue weighted by atomic mass is 35.5. The molecule has 4 rings (SSSR count). The van der Waals surface area contributed by atoms with Crippen molar-refractivity contribution in [1.82, 2.24) is 0 Å². The first-order valence-electron chi connectivity index (χ1n) is 8.92. The molecule has 1 aliphatic heterocycles. The van der Waals surface area contributed by atoms with Gasteiger partial charge in [0.1, 0.15) is 5.41 Å². The van der Waals surface area contributed by atoms with E-state index < -0.39 is 5.41 Å². The lowest BCUT2D eigenvalue weighted by Crippen LogP contribution is -2.45. The molecule has 1 atom stereocenters. The second kappa shape index (κ2) is 6.13. The molecule has 1 saturated carbocycles. The van der Waals surface area contributed by atoms with E-state index in [1.54, 1.807) is 12.1 Å². The van der Waals surface area contributed by atoms with Crippen molar-refractivity contribution in [2.24, 2.45) is 5.41 Å². The number of rotatable bonds is 3. The quantitative estimate of drug-likeness (QED) is 0.819. The number of nitrogens with zero attached hydrogens (tertiary/aromatic N) is 1. The van der Waals surface area contributed by atoms with Crippen molar-refractivity contribution >= 4 is 34.8 Å². The first-order chi connectivity index (χ1) is 12.4. The third kappa shape index (κ3) is 2.60. The van der Waals surface area contributed by atoms with Crippen LogP contribution >= 0.6 is 11.6 Å². The molecule has 26 heavy (non-hydrogen) atoms. The predicted octanol–water partition coefficient (Wildman–Crippen LogP) is 4.34. The SMILES string of the molecule is Cc1c(Cl)cccc1NC(=O)C1(C(=O)N2c3ccccc3CC2C)CC1. The van der Waals surface area contributed by atoms with Crippen LogP contribution in [-0.2, 0) is 16.0 Å². The molecule has 1 heterocycles. The molecule has 2 aliphatic rings. The van der Waals surface area contributed by atoms with Gasteiger partial charge >= 0.3 is 0 Å². The van der Waals surface area contributed by atoms with Gasteiger partial charge in [-0.15, -0.1) is 0 Å². The van der Waals surface area contributed by atoms with Gasteiger partial charge in [0.05, 0.1) is 0 Å². The Hall–Kier alpha value is -2.33. The molecule has 0 saturated heterocycles. The van der Waals surface area contributed by atoms with E-state index in [0.29, 0.717) is 23.6 Å². The van der Waals surface area contributed by atoms with Crippen molar-refractivity contribution in [2.45, 2.75) is 39.2 Å². The maximum atomic E-state index is 13.3. The highest BCUT2D eigenvalue weighted by Gasteiger charge is 2.59. The third-order valence-electron chi connectivity index (χ3n) is 5.54. The molecule has 2 amide bonds. The maximum Gasteiger partial charge on any atom is 0.242 e. The molecule has 4 nitrogen and oxygen atoms in total. The van der Waals surface area contributed by atoms with Gasteiger partial charge in [-0.05, 0) is 62.4 Å². The number of carbonyl (C=O) groups excluding carboxylic acids is 2. The summed E-state index contributed by atoms with van der Waals surface area (Å²) in [4.78, 5) is 28.1. The van der Waals surface area contributed by atoms with E-state index in [1.165, 1.54) is 0 Å². The molecule has 0 spiro atoms. The van der Waals surface area contributed by atoms with Crippen LogP contribution in [0.1, 0.15) is 30.9 Å². The third-order valence-corrected chi connectivity index (χ3v) is 5.95. The molecule has 5 heteroatoms. The molecule has 0 aromatic heterocycles. The Labute approximate surface area is 158 Å². The van der Waals surface area contributed by atoms with Crippen LogP contribution in [0.15, 0.2) is 42.5 Å². The van der Waals surface area contributed by atoms with Crippen LogP contribution in [-0.4, -0.2) is 17.9 Å². The van der Waals surface area contributed by atoms with E-state index in [9.17, 15) is 9.59 Å². The topological polar surface area (TPSA) is 49.4 Å². The van der Waals surface area contributed by atoms with Crippen molar-refractivity contribution in [1.29, 1.82) is 0 Å². The molecule has 1 N–H and O–H groups in total. The summed E-state index contributed by atoms with van der Waals surface area (Å²) in [6.45, 7) is 3.89. The van der Waals surface area contributed by atoms with Crippen LogP contribution in [0.4, 0.5) is 11.4 Å². The second-order valence-corrected chi connectivity index (χ2v) is 7.71. The van der Waals surface area contributed by atoms with Crippen molar-refractivity contribution in [3.05, 3.63) is 58.6 Å². The van der Waals surface area contributed by atoms with Gasteiger partial charge in [0, 0.05) is 22.4 Å². The monoisotopic (exact) mass is 368 g/mol. The smallest absolute Gasteiger partial charge is 0.242 e. The largest absolute Gasteiger partial charge is 0.325 e. The predicted molar refractivity (Wildman–Crippen MR) is 104 cm³/mol. The van der Waals surface area contributed by atoms with Gasteiger partial charge in [-0.2, -0.15) is 0 Å². The molecule has 0 bridgehead atoms. The zero-order valence-electron chi connectivity index (χ0n) is 14.9. The number of fused-ring (bicyclic) bond motifs is 1. The molecular formula is C21H21ClN2O2. The number of para-hydroxylation sites is 1. The van der Waals surface area contributed by atoms with Crippen molar-refractivity contribution < 1.29 is 9.59 Å². The molecule has 2 aromatic rings. The number of carbonyl (C=O) groups is 2. The standard InChI is InChI=1S/C21H21ClN2O2/c1-13-12-15-6-3-4-9-18(15)24(13)20(26)21(10-11-21)19(25)23-17-8-5-7-16(22)14(17)2/h3-9,13H,10-12H2,1-2H3,(H,23,25). The Morgan fingerprint density at radius 2 is 1.88 bits per heavy atom. The highest BCUT2D eigenvalue weighted by Crippen LogP contribution is 2.50. The molecule has 1 aliphatic carbocycles. The van der Waals surface area contributed by atoms with Crippen LogP contribution in [0.25, 0.3) is 0 Å². The first-order valence-corrected chi connectivity index (χ1v) is 9.30. The average Bonchev–Trinajstić information content (AvgIpc) is 3.36. The number of hydrogen-bond donors (Lipinski definition) is 1. The summed E-state index contributed by atoms with van der Waals surface area (Å²) in [5.41, 5.74) is 2.61. The fraction of sp³-hybridized carbons (Fsp3) is 0.333. The van der Waals surface area contributed by atoms with Crippen LogP contribution in [0.5, 0.6) is 0 Å². The minimum atomic E-state index is -0.958. The van der Waals surface area contributed by atoms with Crippen LogP contribution in [0.3, 0.4) is 0 Å². The van der Waals surface area contributed by atoms with E-state index in [-0.39, 0.29) is 17.9 Å². The number of halogens is 1. The molecule has 0 radical (unpaired) electrons. The zero-order valence-corrected chi connectivity index (χ0v) is 15.6. The summed E-state index contributed by atoms with van der Waals surface area (Å²) < 4.78 is 0. The molecular weight excluding hydrogens is 348 g/mol. The lowest BCUT2D eigenvalue weighted by atomic mass is 10.0. The minimum absolute atomic E-state index is 0.0677. The number of nitrogens with one attached hydrogen (secondary N) is 1.